The van der Waals surface area contributed by atoms with E-state index in [9.17, 15) is 9.59 Å². The molecule has 7 nitrogen and oxygen atoms in total. The van der Waals surface area contributed by atoms with Crippen molar-refractivity contribution in [3.63, 3.8) is 0 Å². The number of pyridine rings is 1. The molecule has 27 heavy (non-hydrogen) atoms. The molecule has 0 bridgehead atoms. The zero-order valence-electron chi connectivity index (χ0n) is 14.8. The predicted octanol–water partition coefficient (Wildman–Crippen LogP) is 3.33. The van der Waals surface area contributed by atoms with E-state index in [1.54, 1.807) is 41.3 Å². The number of anilines is 1. The fourth-order valence-corrected chi connectivity index (χ4v) is 2.88. The van der Waals surface area contributed by atoms with Gasteiger partial charge in [0.2, 0.25) is 0 Å². The SMILES string of the molecule is Cc1cc(C)c(NC(=O)COC(=O)c2ccc(-n3cccn3)nc2)c(Cl)c1. The van der Waals surface area contributed by atoms with Crippen LogP contribution in [0.2, 0.25) is 5.02 Å². The van der Waals surface area contributed by atoms with Gasteiger partial charge >= 0.3 is 5.97 Å². The monoisotopic (exact) mass is 384 g/mol. The van der Waals surface area contributed by atoms with Crippen LogP contribution in [0.1, 0.15) is 21.5 Å². The van der Waals surface area contributed by atoms with Gasteiger partial charge in [-0.05, 0) is 49.2 Å². The second kappa shape index (κ2) is 8.01. The zero-order chi connectivity index (χ0) is 19.4. The smallest absolute Gasteiger partial charge is 0.340 e. The normalized spacial score (nSPS) is 10.5. The number of nitrogens with one attached hydrogen (secondary N) is 1. The molecule has 0 saturated heterocycles. The van der Waals surface area contributed by atoms with Crippen LogP contribution >= 0.6 is 11.6 Å². The van der Waals surface area contributed by atoms with Crippen molar-refractivity contribution < 1.29 is 14.3 Å². The number of rotatable bonds is 5. The standard InChI is InChI=1S/C19H17ClN4O3/c1-12-8-13(2)18(15(20)9-12)23-17(25)11-27-19(26)14-4-5-16(21-10-14)24-7-3-6-22-24/h3-10H,11H2,1-2H3,(H,23,25). The molecule has 0 atom stereocenters. The summed E-state index contributed by atoms with van der Waals surface area (Å²) in [6.45, 7) is 3.33. The van der Waals surface area contributed by atoms with Crippen LogP contribution in [0.5, 0.6) is 0 Å². The van der Waals surface area contributed by atoms with Crippen LogP contribution in [0.3, 0.4) is 0 Å². The first-order valence-electron chi connectivity index (χ1n) is 8.14. The second-order valence-corrected chi connectivity index (χ2v) is 6.33. The molecule has 1 aromatic carbocycles. The van der Waals surface area contributed by atoms with Crippen LogP contribution in [-0.4, -0.2) is 33.2 Å². The molecule has 0 aliphatic carbocycles. The molecule has 2 heterocycles. The van der Waals surface area contributed by atoms with Crippen LogP contribution < -0.4 is 5.32 Å². The molecule has 0 saturated carbocycles. The fourth-order valence-electron chi connectivity index (χ4n) is 2.51. The maximum Gasteiger partial charge on any atom is 0.340 e. The summed E-state index contributed by atoms with van der Waals surface area (Å²) in [5, 5.41) is 7.15. The molecule has 0 spiro atoms. The van der Waals surface area contributed by atoms with Crippen LogP contribution in [0.25, 0.3) is 5.82 Å². The number of halogens is 1. The molecule has 0 fully saturated rings. The van der Waals surface area contributed by atoms with Crippen molar-refractivity contribution in [2.75, 3.05) is 11.9 Å². The lowest BCUT2D eigenvalue weighted by Crippen LogP contribution is -2.21. The Balaban J connectivity index is 1.58. The number of carbonyl (C=O) groups excluding carboxylic acids is 2. The van der Waals surface area contributed by atoms with E-state index >= 15 is 0 Å². The van der Waals surface area contributed by atoms with Crippen molar-refractivity contribution in [3.05, 3.63) is 70.6 Å². The van der Waals surface area contributed by atoms with Gasteiger partial charge in [-0.2, -0.15) is 5.10 Å². The minimum Gasteiger partial charge on any atom is -0.452 e. The molecule has 3 aromatic rings. The Hall–Kier alpha value is -3.19. The van der Waals surface area contributed by atoms with Gasteiger partial charge in [0.15, 0.2) is 12.4 Å². The number of nitrogens with zero attached hydrogens (tertiary/aromatic N) is 3. The number of esters is 1. The van der Waals surface area contributed by atoms with Crippen molar-refractivity contribution in [1.82, 2.24) is 14.8 Å². The first kappa shape index (κ1) is 18.6. The third-order valence-corrected chi connectivity index (χ3v) is 4.05. The summed E-state index contributed by atoms with van der Waals surface area (Å²) in [6.07, 6.45) is 4.74. The Morgan fingerprint density at radius 2 is 2.07 bits per heavy atom. The summed E-state index contributed by atoms with van der Waals surface area (Å²) in [5.41, 5.74) is 2.57. The van der Waals surface area contributed by atoms with Gasteiger partial charge in [-0.15, -0.1) is 0 Å². The topological polar surface area (TPSA) is 86.1 Å². The highest BCUT2D eigenvalue weighted by molar-refractivity contribution is 6.34. The molecule has 3 rings (SSSR count). The summed E-state index contributed by atoms with van der Waals surface area (Å²) in [6, 6.07) is 8.62. The van der Waals surface area contributed by atoms with E-state index in [1.807, 2.05) is 19.9 Å². The molecule has 0 aliphatic rings. The van der Waals surface area contributed by atoms with Gasteiger partial charge in [0.25, 0.3) is 5.91 Å². The highest BCUT2D eigenvalue weighted by Gasteiger charge is 2.13. The Bertz CT molecular complexity index is 946. The Morgan fingerprint density at radius 3 is 2.70 bits per heavy atom. The summed E-state index contributed by atoms with van der Waals surface area (Å²) < 4.78 is 6.61. The zero-order valence-corrected chi connectivity index (χ0v) is 15.5. The van der Waals surface area contributed by atoms with Crippen molar-refractivity contribution in [2.45, 2.75) is 13.8 Å². The lowest BCUT2D eigenvalue weighted by atomic mass is 10.1. The molecule has 1 N–H and O–H groups in total. The predicted molar refractivity (Wildman–Crippen MR) is 101 cm³/mol. The summed E-state index contributed by atoms with van der Waals surface area (Å²) in [7, 11) is 0. The van der Waals surface area contributed by atoms with E-state index in [0.29, 0.717) is 16.5 Å². The number of hydrogen-bond donors (Lipinski definition) is 1. The number of aryl methyl sites for hydroxylation is 2. The molecule has 1 amide bonds. The molecule has 138 valence electrons. The first-order chi connectivity index (χ1) is 12.9. The Morgan fingerprint density at radius 1 is 1.26 bits per heavy atom. The van der Waals surface area contributed by atoms with E-state index in [1.165, 1.54) is 6.20 Å². The fraction of sp³-hybridized carbons (Fsp3) is 0.158. The summed E-state index contributed by atoms with van der Waals surface area (Å²) in [4.78, 5) is 28.3. The van der Waals surface area contributed by atoms with E-state index in [0.717, 1.165) is 11.1 Å². The number of hydrogen-bond acceptors (Lipinski definition) is 5. The van der Waals surface area contributed by atoms with Crippen molar-refractivity contribution in [1.29, 1.82) is 0 Å². The lowest BCUT2D eigenvalue weighted by molar-refractivity contribution is -0.119. The van der Waals surface area contributed by atoms with Crippen LogP contribution in [0, 0.1) is 13.8 Å². The average Bonchev–Trinajstić information content (AvgIpc) is 3.17. The van der Waals surface area contributed by atoms with Crippen molar-refractivity contribution in [2.24, 2.45) is 0 Å². The van der Waals surface area contributed by atoms with Gasteiger partial charge in [-0.25, -0.2) is 14.5 Å². The van der Waals surface area contributed by atoms with E-state index < -0.39 is 18.5 Å². The largest absolute Gasteiger partial charge is 0.452 e. The highest BCUT2D eigenvalue weighted by atomic mass is 35.5. The minimum atomic E-state index is -0.642. The van der Waals surface area contributed by atoms with Gasteiger partial charge in [-0.1, -0.05) is 17.7 Å². The van der Waals surface area contributed by atoms with Gasteiger partial charge < -0.3 is 10.1 Å². The van der Waals surface area contributed by atoms with Gasteiger partial charge in [0.05, 0.1) is 16.3 Å². The summed E-state index contributed by atoms with van der Waals surface area (Å²) >= 11 is 6.16. The molecule has 2 aromatic heterocycles. The van der Waals surface area contributed by atoms with Gasteiger partial charge in [-0.3, -0.25) is 4.79 Å². The van der Waals surface area contributed by atoms with Gasteiger partial charge in [0.1, 0.15) is 0 Å². The van der Waals surface area contributed by atoms with Crippen LogP contribution in [-0.2, 0) is 9.53 Å². The second-order valence-electron chi connectivity index (χ2n) is 5.92. The molecule has 0 unspecified atom stereocenters. The maximum atomic E-state index is 12.1. The molecule has 0 aliphatic heterocycles. The average molecular weight is 385 g/mol. The third kappa shape index (κ3) is 4.51. The Kier molecular flexibility index (Phi) is 5.52. The molecule has 0 radical (unpaired) electrons. The van der Waals surface area contributed by atoms with Crippen molar-refractivity contribution >= 4 is 29.2 Å². The number of carbonyl (C=O) groups is 2. The maximum absolute atomic E-state index is 12.1. The third-order valence-electron chi connectivity index (χ3n) is 3.75. The van der Waals surface area contributed by atoms with E-state index in [-0.39, 0.29) is 5.56 Å². The number of aromatic nitrogens is 3. The number of benzene rings is 1. The van der Waals surface area contributed by atoms with Crippen LogP contribution in [0.4, 0.5) is 5.69 Å². The summed E-state index contributed by atoms with van der Waals surface area (Å²) in [5.74, 6) is -0.548. The lowest BCUT2D eigenvalue weighted by Gasteiger charge is -2.12. The Labute approximate surface area is 160 Å². The minimum absolute atomic E-state index is 0.239. The van der Waals surface area contributed by atoms with Crippen molar-refractivity contribution in [3.8, 4) is 5.82 Å². The quantitative estimate of drug-likeness (QED) is 0.682. The molecule has 8 heteroatoms. The highest BCUT2D eigenvalue weighted by Crippen LogP contribution is 2.27. The van der Waals surface area contributed by atoms with Gasteiger partial charge in [0, 0.05) is 18.6 Å². The first-order valence-corrected chi connectivity index (χ1v) is 8.51. The number of amides is 1. The number of ether oxygens (including phenoxy) is 1. The molecular formula is C19H17ClN4O3. The van der Waals surface area contributed by atoms with Crippen LogP contribution in [0.15, 0.2) is 48.9 Å². The molecular weight excluding hydrogens is 368 g/mol. The van der Waals surface area contributed by atoms with E-state index in [2.05, 4.69) is 15.4 Å². The van der Waals surface area contributed by atoms with E-state index in [4.69, 9.17) is 16.3 Å².